The zero-order chi connectivity index (χ0) is 11.1. The van der Waals surface area contributed by atoms with Crippen molar-refractivity contribution in [3.05, 3.63) is 33.3 Å². The highest BCUT2D eigenvalue weighted by Gasteiger charge is 1.98. The van der Waals surface area contributed by atoms with Gasteiger partial charge in [0.2, 0.25) is 0 Å². The second-order valence-corrected chi connectivity index (χ2v) is 4.68. The van der Waals surface area contributed by atoms with Crippen LogP contribution >= 0.6 is 27.5 Å². The molecule has 0 aromatic heterocycles. The van der Waals surface area contributed by atoms with Crippen molar-refractivity contribution in [2.45, 2.75) is 19.4 Å². The molecule has 0 atom stereocenters. The van der Waals surface area contributed by atoms with Crippen LogP contribution in [0.25, 0.3) is 0 Å². The lowest BCUT2D eigenvalue weighted by atomic mass is 10.2. The Kier molecular flexibility index (Phi) is 6.25. The monoisotopic (exact) mass is 290 g/mol. The van der Waals surface area contributed by atoms with E-state index in [1.165, 1.54) is 5.56 Å². The molecule has 1 rings (SSSR count). The molecule has 0 aliphatic heterocycles. The predicted octanol–water partition coefficient (Wildman–Crippen LogP) is 2.93. The summed E-state index contributed by atoms with van der Waals surface area (Å²) in [7, 11) is 0. The highest BCUT2D eigenvalue weighted by molar-refractivity contribution is 9.10. The van der Waals surface area contributed by atoms with E-state index in [0.717, 1.165) is 42.0 Å². The third-order valence-corrected chi connectivity index (χ3v) is 3.33. The van der Waals surface area contributed by atoms with Crippen molar-refractivity contribution < 1.29 is 0 Å². The Hall–Kier alpha value is -0.0900. The molecule has 2 nitrogen and oxygen atoms in total. The van der Waals surface area contributed by atoms with Gasteiger partial charge in [-0.15, -0.1) is 0 Å². The average Bonchev–Trinajstić information content (AvgIpc) is 2.23. The fraction of sp³-hybridized carbons (Fsp3) is 0.455. The number of hydrogen-bond donors (Lipinski definition) is 2. The van der Waals surface area contributed by atoms with Crippen molar-refractivity contribution >= 4 is 27.5 Å². The first kappa shape index (κ1) is 13.0. The van der Waals surface area contributed by atoms with Gasteiger partial charge in [-0.25, -0.2) is 0 Å². The van der Waals surface area contributed by atoms with Crippen LogP contribution in [-0.2, 0) is 6.54 Å². The van der Waals surface area contributed by atoms with Crippen molar-refractivity contribution in [2.24, 2.45) is 5.73 Å². The van der Waals surface area contributed by atoms with Gasteiger partial charge in [-0.3, -0.25) is 0 Å². The molecule has 15 heavy (non-hydrogen) atoms. The molecule has 0 saturated heterocycles. The molecule has 0 amide bonds. The molecule has 1 aromatic carbocycles. The van der Waals surface area contributed by atoms with Crippen molar-refractivity contribution in [3.8, 4) is 0 Å². The van der Waals surface area contributed by atoms with Gasteiger partial charge in [0.15, 0.2) is 0 Å². The normalized spacial score (nSPS) is 10.6. The summed E-state index contributed by atoms with van der Waals surface area (Å²) < 4.78 is 0.949. The lowest BCUT2D eigenvalue weighted by molar-refractivity contribution is 0.627. The Balaban J connectivity index is 2.28. The maximum absolute atomic E-state index is 5.90. The highest BCUT2D eigenvalue weighted by Crippen LogP contribution is 2.22. The summed E-state index contributed by atoms with van der Waals surface area (Å²) in [6.07, 6.45) is 2.21. The summed E-state index contributed by atoms with van der Waals surface area (Å²) >= 11 is 9.31. The third-order valence-electron chi connectivity index (χ3n) is 2.12. The van der Waals surface area contributed by atoms with E-state index in [2.05, 4.69) is 21.2 Å². The number of halogens is 2. The molecule has 0 aliphatic carbocycles. The van der Waals surface area contributed by atoms with Gasteiger partial charge >= 0.3 is 0 Å². The summed E-state index contributed by atoms with van der Waals surface area (Å²) in [5.41, 5.74) is 6.64. The van der Waals surface area contributed by atoms with Crippen LogP contribution in [0.2, 0.25) is 5.02 Å². The van der Waals surface area contributed by atoms with Gasteiger partial charge in [-0.05, 0) is 59.6 Å². The number of nitrogens with one attached hydrogen (secondary N) is 1. The number of benzene rings is 1. The number of rotatable bonds is 6. The summed E-state index contributed by atoms with van der Waals surface area (Å²) in [4.78, 5) is 0. The maximum atomic E-state index is 5.90. The van der Waals surface area contributed by atoms with E-state index in [9.17, 15) is 0 Å². The fourth-order valence-corrected chi connectivity index (χ4v) is 1.82. The van der Waals surface area contributed by atoms with E-state index in [4.69, 9.17) is 17.3 Å². The second-order valence-electron chi connectivity index (χ2n) is 3.42. The maximum Gasteiger partial charge on any atom is 0.0548 e. The number of nitrogens with two attached hydrogens (primary N) is 1. The summed E-state index contributed by atoms with van der Waals surface area (Å²) in [5.74, 6) is 0. The molecule has 0 heterocycles. The molecule has 0 saturated carbocycles. The molecule has 0 bridgehead atoms. The molecule has 3 N–H and O–H groups in total. The zero-order valence-electron chi connectivity index (χ0n) is 8.60. The minimum atomic E-state index is 0.752. The van der Waals surface area contributed by atoms with E-state index in [1.54, 1.807) is 0 Å². The van der Waals surface area contributed by atoms with E-state index < -0.39 is 0 Å². The van der Waals surface area contributed by atoms with E-state index in [0.29, 0.717) is 0 Å². The minimum absolute atomic E-state index is 0.752. The van der Waals surface area contributed by atoms with Crippen molar-refractivity contribution in [1.82, 2.24) is 5.32 Å². The second kappa shape index (κ2) is 7.23. The SMILES string of the molecule is NCCCCNCc1ccc(Cl)c(Br)c1. The van der Waals surface area contributed by atoms with Crippen LogP contribution in [0.5, 0.6) is 0 Å². The van der Waals surface area contributed by atoms with Crippen LogP contribution in [0, 0.1) is 0 Å². The molecule has 1 aromatic rings. The van der Waals surface area contributed by atoms with E-state index in [1.807, 2.05) is 18.2 Å². The Morgan fingerprint density at radius 2 is 2.13 bits per heavy atom. The molecule has 0 spiro atoms. The molecule has 0 aliphatic rings. The average molecular weight is 292 g/mol. The van der Waals surface area contributed by atoms with Gasteiger partial charge < -0.3 is 11.1 Å². The third kappa shape index (κ3) is 4.98. The quantitative estimate of drug-likeness (QED) is 0.791. The molecule has 84 valence electrons. The Labute approximate surface area is 104 Å². The zero-order valence-corrected chi connectivity index (χ0v) is 10.9. The lowest BCUT2D eigenvalue weighted by Gasteiger charge is -2.05. The molecule has 0 radical (unpaired) electrons. The summed E-state index contributed by atoms with van der Waals surface area (Å²) in [6.45, 7) is 2.66. The van der Waals surface area contributed by atoms with Crippen LogP contribution in [0.1, 0.15) is 18.4 Å². The topological polar surface area (TPSA) is 38.0 Å². The van der Waals surface area contributed by atoms with Gasteiger partial charge in [0.25, 0.3) is 0 Å². The Morgan fingerprint density at radius 3 is 2.80 bits per heavy atom. The first-order valence-electron chi connectivity index (χ1n) is 5.08. The van der Waals surface area contributed by atoms with Gasteiger partial charge in [0, 0.05) is 11.0 Å². The summed E-state index contributed by atoms with van der Waals surface area (Å²) in [6, 6.07) is 5.98. The number of hydrogen-bond acceptors (Lipinski definition) is 2. The standard InChI is InChI=1S/C11H16BrClN2/c12-10-7-9(3-4-11(10)13)8-15-6-2-1-5-14/h3-4,7,15H,1-2,5-6,8,14H2. The molecular formula is C11H16BrClN2. The van der Waals surface area contributed by atoms with Crippen molar-refractivity contribution in [1.29, 1.82) is 0 Å². The van der Waals surface area contributed by atoms with Gasteiger partial charge in [-0.2, -0.15) is 0 Å². The van der Waals surface area contributed by atoms with Gasteiger partial charge in [0.05, 0.1) is 5.02 Å². The van der Waals surface area contributed by atoms with Crippen LogP contribution < -0.4 is 11.1 Å². The smallest absolute Gasteiger partial charge is 0.0548 e. The highest BCUT2D eigenvalue weighted by atomic mass is 79.9. The number of unbranched alkanes of at least 4 members (excludes halogenated alkanes) is 1. The first-order chi connectivity index (χ1) is 7.24. The van der Waals surface area contributed by atoms with Gasteiger partial charge in [-0.1, -0.05) is 17.7 Å². The first-order valence-corrected chi connectivity index (χ1v) is 6.26. The lowest BCUT2D eigenvalue weighted by Crippen LogP contribution is -2.15. The van der Waals surface area contributed by atoms with E-state index in [-0.39, 0.29) is 0 Å². The van der Waals surface area contributed by atoms with Crippen LogP contribution in [0.3, 0.4) is 0 Å². The Morgan fingerprint density at radius 1 is 1.33 bits per heavy atom. The largest absolute Gasteiger partial charge is 0.330 e. The fourth-order valence-electron chi connectivity index (χ4n) is 1.28. The molecular weight excluding hydrogens is 275 g/mol. The minimum Gasteiger partial charge on any atom is -0.330 e. The van der Waals surface area contributed by atoms with Crippen molar-refractivity contribution in [2.75, 3.05) is 13.1 Å². The molecule has 4 heteroatoms. The van der Waals surface area contributed by atoms with Crippen LogP contribution in [-0.4, -0.2) is 13.1 Å². The van der Waals surface area contributed by atoms with Crippen LogP contribution in [0.15, 0.2) is 22.7 Å². The van der Waals surface area contributed by atoms with Gasteiger partial charge in [0.1, 0.15) is 0 Å². The van der Waals surface area contributed by atoms with Crippen LogP contribution in [0.4, 0.5) is 0 Å². The summed E-state index contributed by atoms with van der Waals surface area (Å²) in [5, 5.41) is 4.12. The molecule has 0 fully saturated rings. The predicted molar refractivity (Wildman–Crippen MR) is 69.1 cm³/mol. The van der Waals surface area contributed by atoms with Crippen molar-refractivity contribution in [3.63, 3.8) is 0 Å². The Bertz CT molecular complexity index is 305. The van der Waals surface area contributed by atoms with E-state index >= 15 is 0 Å². The molecule has 0 unspecified atom stereocenters.